The third kappa shape index (κ3) is 6.73. The minimum atomic E-state index is -0.0829. The van der Waals surface area contributed by atoms with Crippen molar-refractivity contribution in [2.45, 2.75) is 64.3 Å². The molecule has 0 aromatic heterocycles. The highest BCUT2D eigenvalue weighted by atomic mass is 32.2. The largest absolute Gasteiger partial charge is 0.398 e. The first-order valence-electron chi connectivity index (χ1n) is 14.4. The van der Waals surface area contributed by atoms with E-state index in [-0.39, 0.29) is 11.4 Å². The molecule has 2 aliphatic rings. The Labute approximate surface area is 233 Å². The number of carbonyl (C=O) groups excluding carboxylic acids is 1. The maximum atomic E-state index is 13.3. The van der Waals surface area contributed by atoms with Crippen molar-refractivity contribution in [2.24, 2.45) is 0 Å². The maximum Gasteiger partial charge on any atom is 0.251 e. The molecule has 0 atom stereocenters. The number of thioether (sulfide) groups is 1. The number of nitrogens with two attached hydrogens (primary N) is 1. The van der Waals surface area contributed by atoms with Crippen LogP contribution >= 0.6 is 11.8 Å². The van der Waals surface area contributed by atoms with Crippen LogP contribution < -0.4 is 16.0 Å². The van der Waals surface area contributed by atoms with Gasteiger partial charge in [0.05, 0.1) is 5.71 Å². The Hall–Kier alpha value is -2.51. The Morgan fingerprint density at radius 2 is 1.63 bits per heavy atom. The van der Waals surface area contributed by atoms with E-state index in [1.54, 1.807) is 18.2 Å². The summed E-state index contributed by atoms with van der Waals surface area (Å²) in [5.41, 5.74) is 10.4. The first kappa shape index (κ1) is 28.5. The summed E-state index contributed by atoms with van der Waals surface area (Å²) in [5, 5.41) is 12.2. The second-order valence-corrected chi connectivity index (χ2v) is 12.0. The molecule has 0 radical (unpaired) electrons. The lowest BCUT2D eigenvalue weighted by Gasteiger charge is -2.48. The molecule has 206 valence electrons. The van der Waals surface area contributed by atoms with Crippen molar-refractivity contribution < 1.29 is 4.79 Å². The summed E-state index contributed by atoms with van der Waals surface area (Å²) in [5.74, 6) is 2.27. The standard InChI is InChI=1S/C31H45N5OS/c1-3-16-35(17-4-2)26-11-8-24(9-12-26)29(33)27-22-25(10-13-28(27)32)30(37)34-23-31(14-6-5-7-15-31)36-18-20-38-21-19-36/h8-13,22,33H,3-7,14-21,23,32H2,1-2H3,(H,34,37). The number of hydrogen-bond donors (Lipinski definition) is 3. The second kappa shape index (κ2) is 13.5. The zero-order chi connectivity index (χ0) is 27.0. The van der Waals surface area contributed by atoms with Crippen LogP contribution in [-0.2, 0) is 0 Å². The molecule has 6 nitrogen and oxygen atoms in total. The molecule has 1 amide bonds. The molecule has 7 heteroatoms. The van der Waals surface area contributed by atoms with E-state index in [4.69, 9.17) is 11.1 Å². The lowest BCUT2D eigenvalue weighted by molar-refractivity contribution is 0.0549. The van der Waals surface area contributed by atoms with E-state index in [2.05, 4.69) is 41.1 Å². The highest BCUT2D eigenvalue weighted by Crippen LogP contribution is 2.35. The minimum Gasteiger partial charge on any atom is -0.398 e. The molecule has 2 aromatic carbocycles. The zero-order valence-electron chi connectivity index (χ0n) is 23.2. The predicted octanol–water partition coefficient (Wildman–Crippen LogP) is 5.79. The van der Waals surface area contributed by atoms with Crippen LogP contribution in [0, 0.1) is 5.41 Å². The minimum absolute atomic E-state index is 0.0728. The topological polar surface area (TPSA) is 85.5 Å². The van der Waals surface area contributed by atoms with Gasteiger partial charge < -0.3 is 16.0 Å². The molecule has 4 N–H and O–H groups in total. The lowest BCUT2D eigenvalue weighted by Crippen LogP contribution is -2.58. The van der Waals surface area contributed by atoms with E-state index >= 15 is 0 Å². The van der Waals surface area contributed by atoms with Gasteiger partial charge in [-0.15, -0.1) is 0 Å². The van der Waals surface area contributed by atoms with E-state index in [0.717, 1.165) is 57.4 Å². The van der Waals surface area contributed by atoms with Crippen LogP contribution in [-0.4, -0.2) is 66.3 Å². The van der Waals surface area contributed by atoms with Crippen molar-refractivity contribution >= 4 is 34.8 Å². The van der Waals surface area contributed by atoms with E-state index in [1.165, 1.54) is 36.5 Å². The van der Waals surface area contributed by atoms with Gasteiger partial charge in [0.15, 0.2) is 0 Å². The fraction of sp³-hybridized carbons (Fsp3) is 0.548. The van der Waals surface area contributed by atoms with Crippen LogP contribution in [0.4, 0.5) is 11.4 Å². The summed E-state index contributed by atoms with van der Waals surface area (Å²) < 4.78 is 0. The highest BCUT2D eigenvalue weighted by molar-refractivity contribution is 7.99. The highest BCUT2D eigenvalue weighted by Gasteiger charge is 2.38. The molecule has 2 aromatic rings. The molecule has 1 heterocycles. The van der Waals surface area contributed by atoms with Gasteiger partial charge >= 0.3 is 0 Å². The molecule has 1 aliphatic carbocycles. The summed E-state index contributed by atoms with van der Waals surface area (Å²) in [7, 11) is 0. The average Bonchev–Trinajstić information content (AvgIpc) is 2.97. The molecule has 1 saturated heterocycles. The summed E-state index contributed by atoms with van der Waals surface area (Å²) in [6.07, 6.45) is 8.26. The van der Waals surface area contributed by atoms with E-state index < -0.39 is 0 Å². The van der Waals surface area contributed by atoms with Crippen LogP contribution in [0.2, 0.25) is 0 Å². The van der Waals surface area contributed by atoms with Gasteiger partial charge in [-0.05, 0) is 56.0 Å². The van der Waals surface area contributed by atoms with Crippen LogP contribution in [0.25, 0.3) is 0 Å². The molecule has 38 heavy (non-hydrogen) atoms. The molecule has 1 aliphatic heterocycles. The van der Waals surface area contributed by atoms with Gasteiger partial charge in [-0.1, -0.05) is 45.2 Å². The van der Waals surface area contributed by atoms with E-state index in [1.807, 2.05) is 23.9 Å². The second-order valence-electron chi connectivity index (χ2n) is 10.8. The number of nitrogen functional groups attached to an aromatic ring is 1. The molecule has 0 spiro atoms. The number of anilines is 2. The van der Waals surface area contributed by atoms with Gasteiger partial charge in [-0.2, -0.15) is 11.8 Å². The van der Waals surface area contributed by atoms with Crippen molar-refractivity contribution in [2.75, 3.05) is 54.9 Å². The lowest BCUT2D eigenvalue weighted by atomic mass is 9.80. The maximum absolute atomic E-state index is 13.3. The van der Waals surface area contributed by atoms with E-state index in [0.29, 0.717) is 29.1 Å². The fourth-order valence-corrected chi connectivity index (χ4v) is 6.92. The summed E-state index contributed by atoms with van der Waals surface area (Å²) in [4.78, 5) is 18.3. The van der Waals surface area contributed by atoms with Gasteiger partial charge in [0.2, 0.25) is 0 Å². The molecule has 2 fully saturated rings. The van der Waals surface area contributed by atoms with Gasteiger partial charge in [0.25, 0.3) is 5.91 Å². The van der Waals surface area contributed by atoms with Crippen molar-refractivity contribution in [3.05, 3.63) is 59.2 Å². The van der Waals surface area contributed by atoms with Crippen LogP contribution in [0.15, 0.2) is 42.5 Å². The van der Waals surface area contributed by atoms with Crippen molar-refractivity contribution in [3.63, 3.8) is 0 Å². The number of hydrogen-bond acceptors (Lipinski definition) is 6. The molecule has 4 rings (SSSR count). The molecule has 1 saturated carbocycles. The summed E-state index contributed by atoms with van der Waals surface area (Å²) in [6.45, 7) is 9.33. The SMILES string of the molecule is CCCN(CCC)c1ccc(C(=N)c2cc(C(=O)NCC3(N4CCSCC4)CCCCC3)ccc2N)cc1. The monoisotopic (exact) mass is 535 g/mol. The van der Waals surface area contributed by atoms with Crippen molar-refractivity contribution in [3.8, 4) is 0 Å². The van der Waals surface area contributed by atoms with Gasteiger partial charge in [0, 0.05) is 77.8 Å². The Kier molecular flexibility index (Phi) is 10.1. The predicted molar refractivity (Wildman–Crippen MR) is 163 cm³/mol. The zero-order valence-corrected chi connectivity index (χ0v) is 24.0. The summed E-state index contributed by atoms with van der Waals surface area (Å²) in [6, 6.07) is 13.5. The Bertz CT molecular complexity index is 1070. The molecular formula is C31H45N5OS. The van der Waals surface area contributed by atoms with Crippen LogP contribution in [0.1, 0.15) is 80.3 Å². The van der Waals surface area contributed by atoms with E-state index in [9.17, 15) is 4.79 Å². The van der Waals surface area contributed by atoms with Gasteiger partial charge in [0.1, 0.15) is 0 Å². The molecular weight excluding hydrogens is 490 g/mol. The van der Waals surface area contributed by atoms with Crippen molar-refractivity contribution in [1.29, 1.82) is 5.41 Å². The van der Waals surface area contributed by atoms with Crippen molar-refractivity contribution in [1.82, 2.24) is 10.2 Å². The number of benzene rings is 2. The number of carbonyl (C=O) groups is 1. The Morgan fingerprint density at radius 3 is 2.26 bits per heavy atom. The third-order valence-corrected chi connectivity index (χ3v) is 9.08. The number of nitrogens with one attached hydrogen (secondary N) is 2. The number of amides is 1. The first-order valence-corrected chi connectivity index (χ1v) is 15.6. The normalized spacial score (nSPS) is 17.6. The Balaban J connectivity index is 1.47. The summed E-state index contributed by atoms with van der Waals surface area (Å²) >= 11 is 2.03. The van der Waals surface area contributed by atoms with Crippen LogP contribution in [0.3, 0.4) is 0 Å². The first-order chi connectivity index (χ1) is 18.5. The van der Waals surface area contributed by atoms with Crippen LogP contribution in [0.5, 0.6) is 0 Å². The average molecular weight is 536 g/mol. The quantitative estimate of drug-likeness (QED) is 0.250. The smallest absolute Gasteiger partial charge is 0.251 e. The van der Waals surface area contributed by atoms with Gasteiger partial charge in [-0.25, -0.2) is 0 Å². The number of rotatable bonds is 11. The third-order valence-electron chi connectivity index (χ3n) is 8.14. The molecule has 0 unspecified atom stereocenters. The molecule has 0 bridgehead atoms. The Morgan fingerprint density at radius 1 is 1.00 bits per heavy atom. The number of nitrogens with zero attached hydrogens (tertiary/aromatic N) is 2. The fourth-order valence-electron chi connectivity index (χ4n) is 6.02. The van der Waals surface area contributed by atoms with Gasteiger partial charge in [-0.3, -0.25) is 15.1 Å².